The zero-order valence-corrected chi connectivity index (χ0v) is 12.8. The van der Waals surface area contributed by atoms with Crippen molar-refractivity contribution < 1.29 is 4.79 Å². The topological polar surface area (TPSA) is 34.9 Å². The Balaban J connectivity index is 2.13. The summed E-state index contributed by atoms with van der Waals surface area (Å²) in [4.78, 5) is 12.8. The van der Waals surface area contributed by atoms with E-state index >= 15 is 0 Å². The van der Waals surface area contributed by atoms with Gasteiger partial charge in [0.1, 0.15) is 0 Å². The van der Waals surface area contributed by atoms with Crippen molar-refractivity contribution in [2.45, 2.75) is 0 Å². The first kappa shape index (κ1) is 12.7. The summed E-state index contributed by atoms with van der Waals surface area (Å²) in [5.41, 5.74) is 0.596. The van der Waals surface area contributed by atoms with Crippen LogP contribution in [0, 0.1) is 0 Å². The summed E-state index contributed by atoms with van der Waals surface area (Å²) in [6.07, 6.45) is 6.62. The van der Waals surface area contributed by atoms with Crippen LogP contribution in [0.2, 0.25) is 0 Å². The Labute approximate surface area is 119 Å². The molecule has 0 aliphatic rings. The summed E-state index contributed by atoms with van der Waals surface area (Å²) in [5, 5.41) is 3.96. The first-order valence-corrected chi connectivity index (χ1v) is 7.12. The summed E-state index contributed by atoms with van der Waals surface area (Å²) >= 11 is 8.38. The van der Waals surface area contributed by atoms with Gasteiger partial charge in [-0.1, -0.05) is 0 Å². The molecule has 17 heavy (non-hydrogen) atoms. The molecule has 0 saturated heterocycles. The lowest BCUT2D eigenvalue weighted by atomic mass is 10.2. The van der Waals surface area contributed by atoms with Crippen LogP contribution in [-0.4, -0.2) is 15.6 Å². The van der Waals surface area contributed by atoms with Gasteiger partial charge in [-0.05, 0) is 50.1 Å². The highest BCUT2D eigenvalue weighted by Crippen LogP contribution is 2.32. The van der Waals surface area contributed by atoms with Crippen LogP contribution in [-0.2, 0) is 7.05 Å². The van der Waals surface area contributed by atoms with Crippen LogP contribution in [0.4, 0.5) is 0 Å². The second kappa shape index (κ2) is 5.29. The molecular weight excluding hydrogens is 368 g/mol. The third-order valence-electron chi connectivity index (χ3n) is 2.05. The normalized spacial score (nSPS) is 11.2. The smallest absolute Gasteiger partial charge is 0.189 e. The molecule has 0 atom stereocenters. The summed E-state index contributed by atoms with van der Waals surface area (Å²) in [7, 11) is 1.79. The highest BCUT2D eigenvalue weighted by Gasteiger charge is 2.05. The van der Waals surface area contributed by atoms with E-state index in [9.17, 15) is 4.79 Å². The predicted octanol–water partition coefficient (Wildman–Crippen LogP) is 3.90. The van der Waals surface area contributed by atoms with Crippen molar-refractivity contribution in [3.8, 4) is 0 Å². The third-order valence-corrected chi connectivity index (χ3v) is 5.27. The van der Waals surface area contributed by atoms with Crippen molar-refractivity contribution in [2.75, 3.05) is 0 Å². The van der Waals surface area contributed by atoms with Crippen LogP contribution < -0.4 is 0 Å². The van der Waals surface area contributed by atoms with E-state index < -0.39 is 0 Å². The summed E-state index contributed by atoms with van der Waals surface area (Å²) < 4.78 is 3.63. The van der Waals surface area contributed by atoms with Gasteiger partial charge in [0.25, 0.3) is 0 Å². The number of thiophene rings is 1. The van der Waals surface area contributed by atoms with Crippen LogP contribution in [0.3, 0.4) is 0 Å². The zero-order chi connectivity index (χ0) is 12.4. The lowest BCUT2D eigenvalue weighted by molar-refractivity contribution is 0.104. The standard InChI is InChI=1S/C11H8Br2N2OS/c1-15-6-7(5-14-15)10(16)3-2-8-4-9(12)11(13)17-8/h2-6H,1H3. The molecular formula is C11H8Br2N2OS. The maximum atomic E-state index is 11.8. The summed E-state index contributed by atoms with van der Waals surface area (Å²) in [6, 6.07) is 1.96. The van der Waals surface area contributed by atoms with Gasteiger partial charge < -0.3 is 0 Å². The number of nitrogens with zero attached hydrogens (tertiary/aromatic N) is 2. The monoisotopic (exact) mass is 374 g/mol. The quantitative estimate of drug-likeness (QED) is 0.602. The van der Waals surface area contributed by atoms with Gasteiger partial charge in [0.05, 0.1) is 15.5 Å². The number of ketones is 1. The van der Waals surface area contributed by atoms with E-state index in [0.717, 1.165) is 13.1 Å². The number of carbonyl (C=O) groups is 1. The maximum Gasteiger partial charge on any atom is 0.189 e. The molecule has 0 spiro atoms. The van der Waals surface area contributed by atoms with E-state index in [2.05, 4.69) is 37.0 Å². The molecule has 2 rings (SSSR count). The van der Waals surface area contributed by atoms with E-state index in [1.165, 1.54) is 0 Å². The number of hydrogen-bond donors (Lipinski definition) is 0. The highest BCUT2D eigenvalue weighted by molar-refractivity contribution is 9.13. The molecule has 2 aromatic rings. The molecule has 0 radical (unpaired) electrons. The number of halogens is 2. The lowest BCUT2D eigenvalue weighted by Gasteiger charge is -1.87. The Morgan fingerprint density at radius 3 is 2.82 bits per heavy atom. The number of aromatic nitrogens is 2. The van der Waals surface area contributed by atoms with Crippen LogP contribution in [0.15, 0.2) is 32.8 Å². The fraction of sp³-hybridized carbons (Fsp3) is 0.0909. The zero-order valence-electron chi connectivity index (χ0n) is 8.85. The number of allylic oxidation sites excluding steroid dienone is 1. The molecule has 3 nitrogen and oxygen atoms in total. The molecule has 0 fully saturated rings. The van der Waals surface area contributed by atoms with Gasteiger partial charge in [-0.3, -0.25) is 9.48 Å². The number of aryl methyl sites for hydroxylation is 1. The number of carbonyl (C=O) groups excluding carboxylic acids is 1. The molecule has 0 N–H and O–H groups in total. The highest BCUT2D eigenvalue weighted by atomic mass is 79.9. The second-order valence-electron chi connectivity index (χ2n) is 3.37. The molecule has 2 aromatic heterocycles. The Hall–Kier alpha value is -0.720. The van der Waals surface area contributed by atoms with Gasteiger partial charge in [-0.25, -0.2) is 0 Å². The Morgan fingerprint density at radius 1 is 1.53 bits per heavy atom. The maximum absolute atomic E-state index is 11.8. The molecule has 88 valence electrons. The fourth-order valence-corrected chi connectivity index (χ4v) is 3.24. The van der Waals surface area contributed by atoms with E-state index in [1.807, 2.05) is 6.07 Å². The van der Waals surface area contributed by atoms with Crippen LogP contribution >= 0.6 is 43.2 Å². The van der Waals surface area contributed by atoms with Crippen molar-refractivity contribution in [1.82, 2.24) is 9.78 Å². The Bertz CT molecular complexity index is 567. The molecule has 0 amide bonds. The number of rotatable bonds is 3. The van der Waals surface area contributed by atoms with Gasteiger partial charge in [-0.15, -0.1) is 11.3 Å². The minimum atomic E-state index is -0.0428. The predicted molar refractivity (Wildman–Crippen MR) is 76.3 cm³/mol. The Kier molecular flexibility index (Phi) is 3.96. The minimum Gasteiger partial charge on any atom is -0.289 e. The summed E-state index contributed by atoms with van der Waals surface area (Å²) in [5.74, 6) is -0.0428. The molecule has 0 bridgehead atoms. The molecule has 6 heteroatoms. The Morgan fingerprint density at radius 2 is 2.29 bits per heavy atom. The largest absolute Gasteiger partial charge is 0.289 e. The molecule has 0 saturated carbocycles. The van der Waals surface area contributed by atoms with Gasteiger partial charge in [0, 0.05) is 22.6 Å². The first-order chi connectivity index (χ1) is 8.06. The van der Waals surface area contributed by atoms with Gasteiger partial charge >= 0.3 is 0 Å². The molecule has 0 unspecified atom stereocenters. The number of hydrogen-bond acceptors (Lipinski definition) is 3. The van der Waals surface area contributed by atoms with Crippen LogP contribution in [0.1, 0.15) is 15.2 Å². The molecule has 0 aromatic carbocycles. The van der Waals surface area contributed by atoms with Crippen molar-refractivity contribution in [3.05, 3.63) is 43.2 Å². The summed E-state index contributed by atoms with van der Waals surface area (Å²) in [6.45, 7) is 0. The molecule has 2 heterocycles. The average Bonchev–Trinajstić information content (AvgIpc) is 2.83. The van der Waals surface area contributed by atoms with Gasteiger partial charge in [0.15, 0.2) is 5.78 Å². The van der Waals surface area contributed by atoms with E-state index in [0.29, 0.717) is 5.56 Å². The van der Waals surface area contributed by atoms with E-state index in [4.69, 9.17) is 0 Å². The second-order valence-corrected chi connectivity index (χ2v) is 6.63. The van der Waals surface area contributed by atoms with Crippen molar-refractivity contribution in [2.24, 2.45) is 7.05 Å². The van der Waals surface area contributed by atoms with Crippen molar-refractivity contribution >= 4 is 55.1 Å². The minimum absolute atomic E-state index is 0.0428. The first-order valence-electron chi connectivity index (χ1n) is 4.72. The fourth-order valence-electron chi connectivity index (χ4n) is 1.25. The van der Waals surface area contributed by atoms with Crippen LogP contribution in [0.5, 0.6) is 0 Å². The van der Waals surface area contributed by atoms with Crippen molar-refractivity contribution in [3.63, 3.8) is 0 Å². The van der Waals surface area contributed by atoms with Crippen LogP contribution in [0.25, 0.3) is 6.08 Å². The SMILES string of the molecule is Cn1cc(C(=O)C=Cc2cc(Br)c(Br)s2)cn1. The molecule has 0 aliphatic carbocycles. The van der Waals surface area contributed by atoms with Gasteiger partial charge in [0.2, 0.25) is 0 Å². The molecule has 0 aliphatic heterocycles. The van der Waals surface area contributed by atoms with Gasteiger partial charge in [-0.2, -0.15) is 5.10 Å². The lowest BCUT2D eigenvalue weighted by Crippen LogP contribution is -1.91. The van der Waals surface area contributed by atoms with E-state index in [-0.39, 0.29) is 5.78 Å². The third kappa shape index (κ3) is 3.14. The van der Waals surface area contributed by atoms with Crippen molar-refractivity contribution in [1.29, 1.82) is 0 Å². The van der Waals surface area contributed by atoms with E-state index in [1.54, 1.807) is 47.6 Å². The average molecular weight is 376 g/mol.